The molecule has 3 atom stereocenters. The van der Waals surface area contributed by atoms with Crippen molar-refractivity contribution in [2.45, 2.75) is 25.3 Å². The van der Waals surface area contributed by atoms with E-state index in [4.69, 9.17) is 0 Å². The molecule has 2 amide bonds. The van der Waals surface area contributed by atoms with Gasteiger partial charge in [0.15, 0.2) is 0 Å². The Kier molecular flexibility index (Phi) is 4.05. The number of carbonyl (C=O) groups excluding carboxylic acids is 1. The molecule has 2 fully saturated rings. The van der Waals surface area contributed by atoms with E-state index >= 15 is 0 Å². The summed E-state index contributed by atoms with van der Waals surface area (Å²) in [6.07, 6.45) is 3.02. The van der Waals surface area contributed by atoms with Crippen LogP contribution in [0, 0.1) is 15.4 Å². The highest BCUT2D eigenvalue weighted by molar-refractivity contribution is 14.1. The Morgan fingerprint density at radius 3 is 2.86 bits per heavy atom. The summed E-state index contributed by atoms with van der Waals surface area (Å²) in [7, 11) is 0. The zero-order valence-electron chi connectivity index (χ0n) is 11.5. The summed E-state index contributed by atoms with van der Waals surface area (Å²) in [5.74, 6) is -0.431. The van der Waals surface area contributed by atoms with E-state index in [0.29, 0.717) is 18.2 Å². The van der Waals surface area contributed by atoms with Gasteiger partial charge in [-0.15, -0.1) is 0 Å². The van der Waals surface area contributed by atoms with Crippen LogP contribution < -0.4 is 5.32 Å². The second-order valence-corrected chi connectivity index (χ2v) is 6.98. The van der Waals surface area contributed by atoms with Crippen molar-refractivity contribution in [2.75, 3.05) is 11.9 Å². The highest BCUT2D eigenvalue weighted by Gasteiger charge is 2.49. The predicted molar refractivity (Wildman–Crippen MR) is 87.1 cm³/mol. The molecule has 6 heteroatoms. The van der Waals surface area contributed by atoms with Gasteiger partial charge in [-0.3, -0.25) is 0 Å². The third-order valence-electron chi connectivity index (χ3n) is 4.48. The number of anilines is 1. The molecule has 1 aliphatic carbocycles. The monoisotopic (exact) mass is 400 g/mol. The van der Waals surface area contributed by atoms with E-state index in [9.17, 15) is 14.7 Å². The Labute approximate surface area is 136 Å². The normalized spacial score (nSPS) is 27.5. The van der Waals surface area contributed by atoms with E-state index in [0.717, 1.165) is 22.8 Å². The van der Waals surface area contributed by atoms with Crippen molar-refractivity contribution in [3.05, 3.63) is 27.8 Å². The van der Waals surface area contributed by atoms with E-state index < -0.39 is 12.0 Å². The minimum atomic E-state index is -0.887. The number of carbonyl (C=O) groups is 2. The number of aliphatic carboxylic acids is 1. The Morgan fingerprint density at radius 1 is 1.33 bits per heavy atom. The van der Waals surface area contributed by atoms with Gasteiger partial charge >= 0.3 is 12.0 Å². The number of carboxylic acids is 1. The molecule has 0 radical (unpaired) electrons. The van der Waals surface area contributed by atoms with E-state index in [1.54, 1.807) is 0 Å². The standard InChI is InChI=1S/C15H17IN2O3/c16-10-4-2-5-11(7-10)17-15(21)18-8-9-3-1-6-12(9)13(18)14(19)20/h2,4-5,7,9,12-13H,1,3,6,8H2,(H,17,21)(H,19,20). The maximum atomic E-state index is 12.4. The number of benzene rings is 1. The molecule has 1 aliphatic heterocycles. The van der Waals surface area contributed by atoms with Crippen LogP contribution in [0.15, 0.2) is 24.3 Å². The van der Waals surface area contributed by atoms with E-state index in [1.165, 1.54) is 4.90 Å². The van der Waals surface area contributed by atoms with Crippen LogP contribution in [0.3, 0.4) is 0 Å². The molecule has 1 aromatic rings. The number of halogens is 1. The van der Waals surface area contributed by atoms with Crippen molar-refractivity contribution in [3.63, 3.8) is 0 Å². The molecule has 112 valence electrons. The Bertz CT molecular complexity index is 578. The molecule has 1 aromatic carbocycles. The summed E-state index contributed by atoms with van der Waals surface area (Å²) in [6.45, 7) is 0.553. The van der Waals surface area contributed by atoms with Crippen LogP contribution in [0.5, 0.6) is 0 Å². The lowest BCUT2D eigenvalue weighted by molar-refractivity contribution is -0.142. The lowest BCUT2D eigenvalue weighted by Gasteiger charge is -2.24. The molecule has 21 heavy (non-hydrogen) atoms. The van der Waals surface area contributed by atoms with Gasteiger partial charge in [0.05, 0.1) is 0 Å². The minimum absolute atomic E-state index is 0.115. The number of fused-ring (bicyclic) bond motifs is 1. The van der Waals surface area contributed by atoms with Crippen LogP contribution in [0.4, 0.5) is 10.5 Å². The number of nitrogens with zero attached hydrogens (tertiary/aromatic N) is 1. The Morgan fingerprint density at radius 2 is 2.14 bits per heavy atom. The van der Waals surface area contributed by atoms with Crippen molar-refractivity contribution in [1.29, 1.82) is 0 Å². The van der Waals surface area contributed by atoms with Crippen molar-refractivity contribution >= 4 is 40.3 Å². The molecular formula is C15H17IN2O3. The molecule has 1 saturated heterocycles. The van der Waals surface area contributed by atoms with Gasteiger partial charge in [-0.2, -0.15) is 0 Å². The lowest BCUT2D eigenvalue weighted by atomic mass is 9.94. The second-order valence-electron chi connectivity index (χ2n) is 5.73. The van der Waals surface area contributed by atoms with Gasteiger partial charge in [0.1, 0.15) is 6.04 Å². The van der Waals surface area contributed by atoms with Crippen LogP contribution in [-0.4, -0.2) is 34.6 Å². The first-order valence-electron chi connectivity index (χ1n) is 7.12. The number of likely N-dealkylation sites (tertiary alicyclic amines) is 1. The summed E-state index contributed by atoms with van der Waals surface area (Å²) < 4.78 is 1.03. The lowest BCUT2D eigenvalue weighted by Crippen LogP contribution is -2.45. The first-order chi connectivity index (χ1) is 10.1. The Hall–Kier alpha value is -1.31. The fraction of sp³-hybridized carbons (Fsp3) is 0.467. The maximum absolute atomic E-state index is 12.4. The summed E-state index contributed by atoms with van der Waals surface area (Å²) in [6, 6.07) is 6.50. The molecule has 2 N–H and O–H groups in total. The molecule has 3 rings (SSSR count). The number of nitrogens with one attached hydrogen (secondary N) is 1. The molecule has 1 saturated carbocycles. The summed E-state index contributed by atoms with van der Waals surface area (Å²) in [4.78, 5) is 25.5. The summed E-state index contributed by atoms with van der Waals surface area (Å²) in [5, 5.41) is 12.3. The van der Waals surface area contributed by atoms with Crippen molar-refractivity contribution in [1.82, 2.24) is 4.90 Å². The third kappa shape index (κ3) is 2.86. The van der Waals surface area contributed by atoms with Crippen LogP contribution in [0.2, 0.25) is 0 Å². The predicted octanol–water partition coefficient (Wildman–Crippen LogP) is 3.01. The second kappa shape index (κ2) is 5.82. The molecule has 5 nitrogen and oxygen atoms in total. The molecule has 0 bridgehead atoms. The SMILES string of the molecule is O=C(O)C1C2CCCC2CN1C(=O)Nc1cccc(I)c1. The van der Waals surface area contributed by atoms with Gasteiger partial charge in [-0.25, -0.2) is 9.59 Å². The fourth-order valence-electron chi connectivity index (χ4n) is 3.59. The largest absolute Gasteiger partial charge is 0.480 e. The number of amides is 2. The van der Waals surface area contributed by atoms with Crippen LogP contribution in [0.1, 0.15) is 19.3 Å². The summed E-state index contributed by atoms with van der Waals surface area (Å²) in [5.41, 5.74) is 0.702. The van der Waals surface area contributed by atoms with Crippen LogP contribution >= 0.6 is 22.6 Å². The van der Waals surface area contributed by atoms with E-state index in [2.05, 4.69) is 27.9 Å². The highest BCUT2D eigenvalue weighted by atomic mass is 127. The first-order valence-corrected chi connectivity index (χ1v) is 8.20. The zero-order valence-corrected chi connectivity index (χ0v) is 13.6. The molecule has 0 aromatic heterocycles. The molecule has 0 spiro atoms. The third-order valence-corrected chi connectivity index (χ3v) is 5.15. The number of hydrogen-bond acceptors (Lipinski definition) is 2. The fourth-order valence-corrected chi connectivity index (χ4v) is 4.14. The average molecular weight is 400 g/mol. The topological polar surface area (TPSA) is 69.6 Å². The molecule has 1 heterocycles. The zero-order chi connectivity index (χ0) is 15.0. The van der Waals surface area contributed by atoms with Crippen LogP contribution in [0.25, 0.3) is 0 Å². The number of carboxylic acid groups (broad SMARTS) is 1. The van der Waals surface area contributed by atoms with E-state index in [-0.39, 0.29) is 11.9 Å². The average Bonchev–Trinajstić information content (AvgIpc) is 2.97. The molecule has 3 unspecified atom stereocenters. The number of rotatable bonds is 2. The van der Waals surface area contributed by atoms with Gasteiger partial charge < -0.3 is 15.3 Å². The van der Waals surface area contributed by atoms with Gasteiger partial charge in [-0.1, -0.05) is 12.5 Å². The van der Waals surface area contributed by atoms with Crippen LogP contribution in [-0.2, 0) is 4.79 Å². The van der Waals surface area contributed by atoms with Gasteiger partial charge in [-0.05, 0) is 65.5 Å². The van der Waals surface area contributed by atoms with Gasteiger partial charge in [0.2, 0.25) is 0 Å². The van der Waals surface area contributed by atoms with E-state index in [1.807, 2.05) is 24.3 Å². The minimum Gasteiger partial charge on any atom is -0.480 e. The van der Waals surface area contributed by atoms with Gasteiger partial charge in [0.25, 0.3) is 0 Å². The van der Waals surface area contributed by atoms with Gasteiger partial charge in [0, 0.05) is 15.8 Å². The van der Waals surface area contributed by atoms with Crippen molar-refractivity contribution < 1.29 is 14.7 Å². The molecule has 2 aliphatic rings. The quantitative estimate of drug-likeness (QED) is 0.750. The highest BCUT2D eigenvalue weighted by Crippen LogP contribution is 2.42. The van der Waals surface area contributed by atoms with Crippen molar-refractivity contribution in [2.24, 2.45) is 11.8 Å². The van der Waals surface area contributed by atoms with Crippen molar-refractivity contribution in [3.8, 4) is 0 Å². The number of urea groups is 1. The summed E-state index contributed by atoms with van der Waals surface area (Å²) >= 11 is 2.18. The molecular weight excluding hydrogens is 383 g/mol. The Balaban J connectivity index is 1.76. The smallest absolute Gasteiger partial charge is 0.326 e. The number of hydrogen-bond donors (Lipinski definition) is 2. The maximum Gasteiger partial charge on any atom is 0.326 e. The first kappa shape index (κ1) is 14.6.